The summed E-state index contributed by atoms with van der Waals surface area (Å²) in [7, 11) is 0. The van der Waals surface area contributed by atoms with Gasteiger partial charge in [0.05, 0.1) is 0 Å². The maximum atomic E-state index is 13.2. The van der Waals surface area contributed by atoms with Crippen LogP contribution < -0.4 is 0 Å². The van der Waals surface area contributed by atoms with Crippen LogP contribution >= 0.6 is 0 Å². The summed E-state index contributed by atoms with van der Waals surface area (Å²) >= 11 is 0. The summed E-state index contributed by atoms with van der Waals surface area (Å²) in [4.78, 5) is 0. The molecule has 0 heterocycles. The maximum Gasteiger partial charge on any atom is 0.129 e. The molecule has 0 nitrogen and oxygen atoms in total. The van der Waals surface area contributed by atoms with E-state index >= 15 is 0 Å². The molecule has 1 rings (SSSR count). The van der Waals surface area contributed by atoms with Crippen LogP contribution in [0.5, 0.6) is 0 Å². The highest BCUT2D eigenvalue weighted by atomic mass is 19.1. The minimum Gasteiger partial charge on any atom is -0.206 e. The Balaban J connectivity index is 3.06. The van der Waals surface area contributed by atoms with Crippen LogP contribution in [0.15, 0.2) is 24.3 Å². The van der Waals surface area contributed by atoms with E-state index in [1.54, 1.807) is 13.8 Å². The van der Waals surface area contributed by atoms with Crippen LogP contribution in [-0.2, 0) is 6.42 Å². The smallest absolute Gasteiger partial charge is 0.129 e. The number of rotatable bonds is 2. The van der Waals surface area contributed by atoms with Crippen LogP contribution in [0.3, 0.4) is 0 Å². The molecule has 0 atom stereocenters. The zero-order chi connectivity index (χ0) is 10.0. The molecule has 0 aliphatic rings. The molecule has 1 heteroatoms. The predicted octanol–water partition coefficient (Wildman–Crippen LogP) is 3.56. The van der Waals surface area contributed by atoms with E-state index in [2.05, 4.69) is 6.58 Å². The zero-order valence-electron chi connectivity index (χ0n) is 8.45. The highest BCUT2D eigenvalue weighted by Crippen LogP contribution is 2.16. The Morgan fingerprint density at radius 3 is 2.15 bits per heavy atom. The van der Waals surface area contributed by atoms with Gasteiger partial charge >= 0.3 is 0 Å². The van der Waals surface area contributed by atoms with Crippen molar-refractivity contribution in [3.63, 3.8) is 0 Å². The van der Waals surface area contributed by atoms with Gasteiger partial charge in [-0.2, -0.15) is 0 Å². The van der Waals surface area contributed by atoms with Crippen molar-refractivity contribution in [3.05, 3.63) is 46.8 Å². The van der Waals surface area contributed by atoms with Crippen molar-refractivity contribution in [2.75, 3.05) is 0 Å². The number of benzene rings is 1. The average molecular weight is 178 g/mol. The minimum absolute atomic E-state index is 0.0922. The van der Waals surface area contributed by atoms with Crippen molar-refractivity contribution in [1.82, 2.24) is 0 Å². The van der Waals surface area contributed by atoms with Gasteiger partial charge in [-0.15, -0.1) is 0 Å². The maximum absolute atomic E-state index is 13.2. The van der Waals surface area contributed by atoms with Crippen molar-refractivity contribution in [3.8, 4) is 0 Å². The molecule has 0 fully saturated rings. The molecule has 0 radical (unpaired) electrons. The number of hydrogen-bond donors (Lipinski definition) is 0. The van der Waals surface area contributed by atoms with Gasteiger partial charge in [0.15, 0.2) is 0 Å². The number of hydrogen-bond acceptors (Lipinski definition) is 0. The first-order valence-electron chi connectivity index (χ1n) is 4.40. The Bertz CT molecular complexity index is 314. The van der Waals surface area contributed by atoms with Crippen molar-refractivity contribution >= 4 is 0 Å². The summed E-state index contributed by atoms with van der Waals surface area (Å²) in [6.45, 7) is 9.41. The van der Waals surface area contributed by atoms with Crippen LogP contribution in [0.1, 0.15) is 23.6 Å². The first-order chi connectivity index (χ1) is 6.00. The van der Waals surface area contributed by atoms with Gasteiger partial charge in [-0.3, -0.25) is 0 Å². The van der Waals surface area contributed by atoms with Crippen molar-refractivity contribution in [2.45, 2.75) is 27.2 Å². The Morgan fingerprint density at radius 2 is 1.77 bits per heavy atom. The number of aryl methyl sites for hydroxylation is 2. The first kappa shape index (κ1) is 9.97. The lowest BCUT2D eigenvalue weighted by molar-refractivity contribution is 0.608. The van der Waals surface area contributed by atoms with Crippen molar-refractivity contribution < 1.29 is 4.39 Å². The monoisotopic (exact) mass is 178 g/mol. The van der Waals surface area contributed by atoms with E-state index in [0.717, 1.165) is 28.7 Å². The summed E-state index contributed by atoms with van der Waals surface area (Å²) in [5.41, 5.74) is 3.68. The Hall–Kier alpha value is -1.11. The van der Waals surface area contributed by atoms with E-state index < -0.39 is 0 Å². The fourth-order valence-corrected chi connectivity index (χ4v) is 1.49. The molecule has 70 valence electrons. The highest BCUT2D eigenvalue weighted by molar-refractivity contribution is 5.32. The van der Waals surface area contributed by atoms with Crippen LogP contribution in [-0.4, -0.2) is 0 Å². The summed E-state index contributed by atoms with van der Waals surface area (Å²) in [6, 6.07) is 3.77. The standard InChI is InChI=1S/C12H15F/c1-8(2)5-11-6-9(3)12(13)10(4)7-11/h6-7H,1,5H2,2-4H3. The molecule has 0 amide bonds. The van der Waals surface area contributed by atoms with Gasteiger partial charge < -0.3 is 0 Å². The normalized spacial score (nSPS) is 10.2. The van der Waals surface area contributed by atoms with Crippen molar-refractivity contribution in [1.29, 1.82) is 0 Å². The summed E-state index contributed by atoms with van der Waals surface area (Å²) in [5, 5.41) is 0. The van der Waals surface area contributed by atoms with Gasteiger partial charge in [-0.25, -0.2) is 4.39 Å². The summed E-state index contributed by atoms with van der Waals surface area (Å²) in [5.74, 6) is -0.0922. The molecule has 0 aliphatic heterocycles. The van der Waals surface area contributed by atoms with Gasteiger partial charge in [0.1, 0.15) is 5.82 Å². The molecule has 1 aromatic rings. The van der Waals surface area contributed by atoms with Gasteiger partial charge in [0.25, 0.3) is 0 Å². The third-order valence-corrected chi connectivity index (χ3v) is 2.00. The van der Waals surface area contributed by atoms with E-state index in [1.165, 1.54) is 0 Å². The third kappa shape index (κ3) is 2.41. The Morgan fingerprint density at radius 1 is 1.31 bits per heavy atom. The van der Waals surface area contributed by atoms with Crippen molar-refractivity contribution in [2.24, 2.45) is 0 Å². The van der Waals surface area contributed by atoms with Crippen LogP contribution in [0, 0.1) is 19.7 Å². The van der Waals surface area contributed by atoms with Gasteiger partial charge in [-0.1, -0.05) is 24.3 Å². The predicted molar refractivity (Wildman–Crippen MR) is 54.4 cm³/mol. The second-order valence-corrected chi connectivity index (χ2v) is 3.68. The molecule has 0 unspecified atom stereocenters. The van der Waals surface area contributed by atoms with Gasteiger partial charge in [0.2, 0.25) is 0 Å². The quantitative estimate of drug-likeness (QED) is 0.607. The van der Waals surface area contributed by atoms with Gasteiger partial charge in [0, 0.05) is 0 Å². The van der Waals surface area contributed by atoms with Crippen LogP contribution in [0.4, 0.5) is 4.39 Å². The SMILES string of the molecule is C=C(C)Cc1cc(C)c(F)c(C)c1. The fourth-order valence-electron chi connectivity index (χ4n) is 1.49. The Kier molecular flexibility index (Phi) is 2.86. The number of halogens is 1. The molecular formula is C12H15F. The molecule has 0 spiro atoms. The van der Waals surface area contributed by atoms with E-state index in [4.69, 9.17) is 0 Å². The third-order valence-electron chi connectivity index (χ3n) is 2.00. The average Bonchev–Trinajstić information content (AvgIpc) is 1.98. The van der Waals surface area contributed by atoms with Gasteiger partial charge in [-0.05, 0) is 43.9 Å². The Labute approximate surface area is 79.1 Å². The molecule has 0 bridgehead atoms. The topological polar surface area (TPSA) is 0 Å². The van der Waals surface area contributed by atoms with Crippen LogP contribution in [0.2, 0.25) is 0 Å². The molecule has 0 saturated carbocycles. The second-order valence-electron chi connectivity index (χ2n) is 3.68. The largest absolute Gasteiger partial charge is 0.206 e. The fraction of sp³-hybridized carbons (Fsp3) is 0.333. The molecule has 13 heavy (non-hydrogen) atoms. The highest BCUT2D eigenvalue weighted by Gasteiger charge is 2.03. The zero-order valence-corrected chi connectivity index (χ0v) is 8.45. The molecule has 0 aromatic heterocycles. The van der Waals surface area contributed by atoms with E-state index in [-0.39, 0.29) is 5.82 Å². The molecule has 0 saturated heterocycles. The second kappa shape index (κ2) is 3.73. The van der Waals surface area contributed by atoms with Crippen LogP contribution in [0.25, 0.3) is 0 Å². The summed E-state index contributed by atoms with van der Waals surface area (Å²) < 4.78 is 13.2. The van der Waals surface area contributed by atoms with E-state index in [9.17, 15) is 4.39 Å². The minimum atomic E-state index is -0.0922. The van der Waals surface area contributed by atoms with E-state index in [0.29, 0.717) is 0 Å². The molecule has 0 N–H and O–H groups in total. The molecule has 0 aliphatic carbocycles. The lowest BCUT2D eigenvalue weighted by Crippen LogP contribution is -1.93. The number of allylic oxidation sites excluding steroid dienone is 1. The lowest BCUT2D eigenvalue weighted by Gasteiger charge is -2.06. The molecular weight excluding hydrogens is 163 g/mol. The van der Waals surface area contributed by atoms with E-state index in [1.807, 2.05) is 19.1 Å². The molecule has 1 aromatic carbocycles. The lowest BCUT2D eigenvalue weighted by atomic mass is 10.0. The summed E-state index contributed by atoms with van der Waals surface area (Å²) in [6.07, 6.45) is 0.835. The first-order valence-corrected chi connectivity index (χ1v) is 4.40.